The monoisotopic (exact) mass is 253 g/mol. The van der Waals surface area contributed by atoms with Crippen molar-refractivity contribution in [2.45, 2.75) is 26.7 Å². The summed E-state index contributed by atoms with van der Waals surface area (Å²) in [6, 6.07) is 4.19. The molecular formula is C14H20ClNO. The van der Waals surface area contributed by atoms with Crippen molar-refractivity contribution < 1.29 is 5.11 Å². The van der Waals surface area contributed by atoms with Crippen LogP contribution < -0.4 is 4.90 Å². The van der Waals surface area contributed by atoms with Crippen LogP contribution in [-0.4, -0.2) is 24.8 Å². The number of aryl methyl sites for hydroxylation is 2. The Hall–Kier alpha value is -0.730. The first-order chi connectivity index (χ1) is 8.11. The second-order valence-corrected chi connectivity index (χ2v) is 5.46. The van der Waals surface area contributed by atoms with Gasteiger partial charge in [0.2, 0.25) is 0 Å². The molecule has 94 valence electrons. The predicted octanol–water partition coefficient (Wildman–Crippen LogP) is 3.17. The number of hydrogen-bond donors (Lipinski definition) is 1. The van der Waals surface area contributed by atoms with Crippen LogP contribution in [0.1, 0.15) is 24.0 Å². The molecular weight excluding hydrogens is 234 g/mol. The molecule has 2 nitrogen and oxygen atoms in total. The van der Waals surface area contributed by atoms with Gasteiger partial charge in [-0.05, 0) is 49.8 Å². The summed E-state index contributed by atoms with van der Waals surface area (Å²) in [5, 5.41) is 10.1. The largest absolute Gasteiger partial charge is 0.396 e. The molecule has 1 aromatic rings. The average Bonchev–Trinajstić information content (AvgIpc) is 2.28. The van der Waals surface area contributed by atoms with Gasteiger partial charge in [-0.15, -0.1) is 0 Å². The lowest BCUT2D eigenvalue weighted by Gasteiger charge is -2.35. The molecule has 0 aromatic heterocycles. The number of rotatable bonds is 2. The van der Waals surface area contributed by atoms with Crippen LogP contribution in [0.25, 0.3) is 0 Å². The second-order valence-electron chi connectivity index (χ2n) is 5.05. The van der Waals surface area contributed by atoms with Crippen molar-refractivity contribution in [1.29, 1.82) is 0 Å². The van der Waals surface area contributed by atoms with Crippen LogP contribution in [0.2, 0.25) is 5.02 Å². The molecule has 1 saturated heterocycles. The molecule has 0 radical (unpaired) electrons. The molecule has 1 heterocycles. The predicted molar refractivity (Wildman–Crippen MR) is 72.9 cm³/mol. The topological polar surface area (TPSA) is 23.5 Å². The SMILES string of the molecule is Cc1cc(C)c(N2CCCC(CO)C2)c(Cl)c1. The molecule has 1 atom stereocenters. The molecule has 17 heavy (non-hydrogen) atoms. The number of nitrogens with zero attached hydrogens (tertiary/aromatic N) is 1. The Morgan fingerprint density at radius 1 is 1.41 bits per heavy atom. The minimum Gasteiger partial charge on any atom is -0.396 e. The summed E-state index contributed by atoms with van der Waals surface area (Å²) in [4.78, 5) is 2.32. The van der Waals surface area contributed by atoms with Gasteiger partial charge in [0.15, 0.2) is 0 Å². The lowest BCUT2D eigenvalue weighted by atomic mass is 9.97. The van der Waals surface area contributed by atoms with E-state index in [1.54, 1.807) is 0 Å². The van der Waals surface area contributed by atoms with E-state index in [2.05, 4.69) is 24.8 Å². The van der Waals surface area contributed by atoms with Crippen LogP contribution in [-0.2, 0) is 0 Å². The van der Waals surface area contributed by atoms with Gasteiger partial charge in [0, 0.05) is 19.7 Å². The highest BCUT2D eigenvalue weighted by molar-refractivity contribution is 6.33. The van der Waals surface area contributed by atoms with Gasteiger partial charge < -0.3 is 10.0 Å². The molecule has 0 bridgehead atoms. The molecule has 1 fully saturated rings. The van der Waals surface area contributed by atoms with Gasteiger partial charge in [0.1, 0.15) is 0 Å². The van der Waals surface area contributed by atoms with E-state index in [1.807, 2.05) is 6.07 Å². The third-order valence-electron chi connectivity index (χ3n) is 3.49. The maximum atomic E-state index is 9.28. The van der Waals surface area contributed by atoms with Crippen LogP contribution in [0, 0.1) is 19.8 Å². The summed E-state index contributed by atoms with van der Waals surface area (Å²) in [5.74, 6) is 0.389. The molecule has 0 spiro atoms. The van der Waals surface area contributed by atoms with Gasteiger partial charge in [0.05, 0.1) is 10.7 Å². The lowest BCUT2D eigenvalue weighted by molar-refractivity contribution is 0.208. The van der Waals surface area contributed by atoms with Crippen molar-refractivity contribution in [3.05, 3.63) is 28.3 Å². The first-order valence-electron chi connectivity index (χ1n) is 6.24. The number of piperidine rings is 1. The maximum absolute atomic E-state index is 9.28. The molecule has 0 amide bonds. The fraction of sp³-hybridized carbons (Fsp3) is 0.571. The first kappa shape index (κ1) is 12.7. The van der Waals surface area contributed by atoms with Gasteiger partial charge >= 0.3 is 0 Å². The van der Waals surface area contributed by atoms with Gasteiger partial charge in [-0.3, -0.25) is 0 Å². The summed E-state index contributed by atoms with van der Waals surface area (Å²) in [6.45, 7) is 6.41. The van der Waals surface area contributed by atoms with Crippen LogP contribution >= 0.6 is 11.6 Å². The standard InChI is InChI=1S/C14H20ClNO/c1-10-6-11(2)14(13(15)7-10)16-5-3-4-12(8-16)9-17/h6-7,12,17H,3-5,8-9H2,1-2H3. The van der Waals surface area contributed by atoms with E-state index in [9.17, 15) is 5.11 Å². The van der Waals surface area contributed by atoms with Crippen molar-refractivity contribution >= 4 is 17.3 Å². The second kappa shape index (κ2) is 5.28. The summed E-state index contributed by atoms with van der Waals surface area (Å²) < 4.78 is 0. The minimum atomic E-state index is 0.277. The van der Waals surface area contributed by atoms with E-state index in [1.165, 1.54) is 11.1 Å². The van der Waals surface area contributed by atoms with Crippen LogP contribution in [0.15, 0.2) is 12.1 Å². The summed E-state index contributed by atoms with van der Waals surface area (Å²) in [7, 11) is 0. The zero-order valence-corrected chi connectivity index (χ0v) is 11.3. The number of benzene rings is 1. The third kappa shape index (κ3) is 2.75. The average molecular weight is 254 g/mol. The Bertz CT molecular complexity index is 382. The van der Waals surface area contributed by atoms with Crippen molar-refractivity contribution in [2.75, 3.05) is 24.6 Å². The van der Waals surface area contributed by atoms with Crippen molar-refractivity contribution in [2.24, 2.45) is 5.92 Å². The maximum Gasteiger partial charge on any atom is 0.0644 e. The van der Waals surface area contributed by atoms with E-state index >= 15 is 0 Å². The molecule has 1 aliphatic rings. The van der Waals surface area contributed by atoms with E-state index in [0.29, 0.717) is 5.92 Å². The van der Waals surface area contributed by atoms with Gasteiger partial charge in [-0.2, -0.15) is 0 Å². The van der Waals surface area contributed by atoms with E-state index < -0.39 is 0 Å². The number of halogens is 1. The Morgan fingerprint density at radius 2 is 2.18 bits per heavy atom. The molecule has 2 rings (SSSR count). The van der Waals surface area contributed by atoms with Gasteiger partial charge in [-0.1, -0.05) is 17.7 Å². The Balaban J connectivity index is 2.27. The third-order valence-corrected chi connectivity index (χ3v) is 3.78. The first-order valence-corrected chi connectivity index (χ1v) is 6.62. The fourth-order valence-corrected chi connectivity index (χ4v) is 3.17. The fourth-order valence-electron chi connectivity index (χ4n) is 2.73. The Kier molecular flexibility index (Phi) is 3.95. The number of anilines is 1. The van der Waals surface area contributed by atoms with E-state index in [-0.39, 0.29) is 6.61 Å². The zero-order chi connectivity index (χ0) is 12.4. The van der Waals surface area contributed by atoms with Gasteiger partial charge in [0.25, 0.3) is 0 Å². The van der Waals surface area contributed by atoms with Crippen LogP contribution in [0.3, 0.4) is 0 Å². The molecule has 0 aliphatic carbocycles. The summed E-state index contributed by atoms with van der Waals surface area (Å²) >= 11 is 6.35. The van der Waals surface area contributed by atoms with E-state index in [4.69, 9.17) is 11.6 Å². The van der Waals surface area contributed by atoms with Crippen LogP contribution in [0.4, 0.5) is 5.69 Å². The summed E-state index contributed by atoms with van der Waals surface area (Å²) in [6.07, 6.45) is 2.25. The molecule has 1 aliphatic heterocycles. The van der Waals surface area contributed by atoms with Crippen molar-refractivity contribution in [3.63, 3.8) is 0 Å². The highest BCUT2D eigenvalue weighted by Gasteiger charge is 2.22. The number of hydrogen-bond acceptors (Lipinski definition) is 2. The quantitative estimate of drug-likeness (QED) is 0.875. The number of aliphatic hydroxyl groups excluding tert-OH is 1. The molecule has 0 saturated carbocycles. The molecule has 1 aromatic carbocycles. The smallest absolute Gasteiger partial charge is 0.0644 e. The lowest BCUT2D eigenvalue weighted by Crippen LogP contribution is -2.37. The highest BCUT2D eigenvalue weighted by Crippen LogP contribution is 2.33. The van der Waals surface area contributed by atoms with Crippen molar-refractivity contribution in [3.8, 4) is 0 Å². The van der Waals surface area contributed by atoms with Gasteiger partial charge in [-0.25, -0.2) is 0 Å². The van der Waals surface area contributed by atoms with Crippen LogP contribution in [0.5, 0.6) is 0 Å². The normalized spacial score (nSPS) is 20.7. The zero-order valence-electron chi connectivity index (χ0n) is 10.5. The highest BCUT2D eigenvalue weighted by atomic mass is 35.5. The molecule has 1 N–H and O–H groups in total. The van der Waals surface area contributed by atoms with E-state index in [0.717, 1.165) is 36.6 Å². The Morgan fingerprint density at radius 3 is 2.82 bits per heavy atom. The van der Waals surface area contributed by atoms with Crippen molar-refractivity contribution in [1.82, 2.24) is 0 Å². The molecule has 1 unspecified atom stereocenters. The molecule has 3 heteroatoms. The minimum absolute atomic E-state index is 0.277. The number of aliphatic hydroxyl groups is 1. The summed E-state index contributed by atoms with van der Waals surface area (Å²) in [5.41, 5.74) is 3.58. The Labute approximate surface area is 108 Å².